The van der Waals surface area contributed by atoms with E-state index in [4.69, 9.17) is 0 Å². The molecule has 1 fully saturated rings. The number of nitrogens with one attached hydrogen (secondary N) is 1. The standard InChI is InChI=1S/C26H30F3N3O2S2/c1-25(2,3)19-8-10-23(11-9-19)36(33,34)32(22-12-14-30-15-13-22)16-21-17-35-24(31-21)18-4-6-20(7-5-18)26(27,28)29/h4-11,17,22,30H,12-16H2,1-3H3. The van der Waals surface area contributed by atoms with Crippen LogP contribution in [-0.4, -0.2) is 36.8 Å². The summed E-state index contributed by atoms with van der Waals surface area (Å²) >= 11 is 1.29. The lowest BCUT2D eigenvalue weighted by Gasteiger charge is -2.33. The van der Waals surface area contributed by atoms with Gasteiger partial charge in [0.1, 0.15) is 5.01 Å². The third kappa shape index (κ3) is 5.99. The van der Waals surface area contributed by atoms with Gasteiger partial charge in [-0.1, -0.05) is 45.0 Å². The molecule has 0 aliphatic carbocycles. The van der Waals surface area contributed by atoms with Gasteiger partial charge >= 0.3 is 6.18 Å². The molecule has 0 unspecified atom stereocenters. The van der Waals surface area contributed by atoms with Crippen LogP contribution in [0, 0.1) is 0 Å². The molecule has 4 rings (SSSR count). The van der Waals surface area contributed by atoms with E-state index >= 15 is 0 Å². The second kappa shape index (κ2) is 10.2. The second-order valence-electron chi connectivity index (χ2n) is 10.0. The Morgan fingerprint density at radius 1 is 0.972 bits per heavy atom. The molecule has 5 nitrogen and oxygen atoms in total. The predicted octanol–water partition coefficient (Wildman–Crippen LogP) is 6.07. The Hall–Kier alpha value is -2.27. The summed E-state index contributed by atoms with van der Waals surface area (Å²) in [6.07, 6.45) is -3.02. The van der Waals surface area contributed by atoms with Gasteiger partial charge in [0.05, 0.1) is 22.7 Å². The first-order valence-electron chi connectivity index (χ1n) is 11.8. The molecule has 0 saturated carbocycles. The maximum absolute atomic E-state index is 13.8. The highest BCUT2D eigenvalue weighted by molar-refractivity contribution is 7.89. The highest BCUT2D eigenvalue weighted by Crippen LogP contribution is 2.33. The minimum atomic E-state index is -4.40. The van der Waals surface area contributed by atoms with Crippen molar-refractivity contribution in [2.45, 2.75) is 62.7 Å². The molecule has 1 N–H and O–H groups in total. The van der Waals surface area contributed by atoms with E-state index in [0.29, 0.717) is 29.1 Å². The summed E-state index contributed by atoms with van der Waals surface area (Å²) in [6, 6.07) is 11.7. The van der Waals surface area contributed by atoms with Crippen molar-refractivity contribution in [2.24, 2.45) is 0 Å². The first-order valence-corrected chi connectivity index (χ1v) is 14.1. The van der Waals surface area contributed by atoms with Gasteiger partial charge in [-0.05, 0) is 61.2 Å². The van der Waals surface area contributed by atoms with Crippen LogP contribution in [0.4, 0.5) is 13.2 Å². The second-order valence-corrected chi connectivity index (χ2v) is 12.8. The summed E-state index contributed by atoms with van der Waals surface area (Å²) in [5.41, 5.74) is 1.38. The number of rotatable bonds is 6. The molecule has 1 aromatic heterocycles. The Kier molecular flexibility index (Phi) is 7.62. The number of aromatic nitrogens is 1. The highest BCUT2D eigenvalue weighted by Gasteiger charge is 2.34. The largest absolute Gasteiger partial charge is 0.416 e. The minimum Gasteiger partial charge on any atom is -0.317 e. The quantitative estimate of drug-likeness (QED) is 0.415. The lowest BCUT2D eigenvalue weighted by atomic mass is 9.87. The molecule has 1 saturated heterocycles. The molecule has 1 aliphatic heterocycles. The van der Waals surface area contributed by atoms with Gasteiger partial charge in [-0.15, -0.1) is 11.3 Å². The van der Waals surface area contributed by atoms with Gasteiger partial charge < -0.3 is 5.32 Å². The van der Waals surface area contributed by atoms with E-state index < -0.39 is 21.8 Å². The van der Waals surface area contributed by atoms with Crippen LogP contribution in [-0.2, 0) is 28.2 Å². The number of thiazole rings is 1. The summed E-state index contributed by atoms with van der Waals surface area (Å²) < 4.78 is 67.8. The van der Waals surface area contributed by atoms with E-state index in [1.54, 1.807) is 17.5 Å². The molecular formula is C26H30F3N3O2S2. The fourth-order valence-corrected chi connectivity index (χ4v) is 6.71. The predicted molar refractivity (Wildman–Crippen MR) is 136 cm³/mol. The summed E-state index contributed by atoms with van der Waals surface area (Å²) in [6.45, 7) is 7.79. The third-order valence-corrected chi connectivity index (χ3v) is 9.22. The molecule has 0 atom stereocenters. The van der Waals surface area contributed by atoms with Crippen LogP contribution < -0.4 is 5.32 Å². The number of hydrogen-bond acceptors (Lipinski definition) is 5. The molecule has 1 aliphatic rings. The Morgan fingerprint density at radius 3 is 2.11 bits per heavy atom. The number of sulfonamides is 1. The first-order chi connectivity index (χ1) is 16.9. The van der Waals surface area contributed by atoms with Crippen LogP contribution in [0.2, 0.25) is 0 Å². The Labute approximate surface area is 214 Å². The Morgan fingerprint density at radius 2 is 1.56 bits per heavy atom. The van der Waals surface area contributed by atoms with Gasteiger partial charge in [0.25, 0.3) is 0 Å². The number of alkyl halides is 3. The summed E-state index contributed by atoms with van der Waals surface area (Å²) in [4.78, 5) is 4.82. The molecule has 0 spiro atoms. The topological polar surface area (TPSA) is 62.3 Å². The van der Waals surface area contributed by atoms with Crippen LogP contribution in [0.1, 0.15) is 50.4 Å². The first kappa shape index (κ1) is 26.8. The van der Waals surface area contributed by atoms with Crippen molar-refractivity contribution in [1.82, 2.24) is 14.6 Å². The number of benzene rings is 2. The van der Waals surface area contributed by atoms with Gasteiger partial charge in [0, 0.05) is 17.0 Å². The molecule has 2 aromatic carbocycles. The minimum absolute atomic E-state index is 0.0910. The van der Waals surface area contributed by atoms with Gasteiger partial charge in [-0.3, -0.25) is 0 Å². The molecule has 0 bridgehead atoms. The third-order valence-electron chi connectivity index (χ3n) is 6.37. The molecular weight excluding hydrogens is 507 g/mol. The van der Waals surface area contributed by atoms with Crippen molar-refractivity contribution >= 4 is 21.4 Å². The summed E-state index contributed by atoms with van der Waals surface area (Å²) in [5, 5.41) is 5.60. The molecule has 194 valence electrons. The van der Waals surface area contributed by atoms with Gasteiger partial charge in [0.15, 0.2) is 0 Å². The lowest BCUT2D eigenvalue weighted by Crippen LogP contribution is -2.45. The van der Waals surface area contributed by atoms with Crippen LogP contribution in [0.15, 0.2) is 58.8 Å². The fourth-order valence-electron chi connectivity index (χ4n) is 4.24. The van der Waals surface area contributed by atoms with E-state index in [-0.39, 0.29) is 22.9 Å². The zero-order valence-electron chi connectivity index (χ0n) is 20.5. The van der Waals surface area contributed by atoms with Crippen LogP contribution >= 0.6 is 11.3 Å². The highest BCUT2D eigenvalue weighted by atomic mass is 32.2. The number of halogens is 3. The van der Waals surface area contributed by atoms with Crippen molar-refractivity contribution in [1.29, 1.82) is 0 Å². The smallest absolute Gasteiger partial charge is 0.317 e. The van der Waals surface area contributed by atoms with Crippen LogP contribution in [0.3, 0.4) is 0 Å². The zero-order valence-corrected chi connectivity index (χ0v) is 22.1. The van der Waals surface area contributed by atoms with E-state index in [1.165, 1.54) is 27.8 Å². The Balaban J connectivity index is 1.61. The van der Waals surface area contributed by atoms with Crippen LogP contribution in [0.25, 0.3) is 10.6 Å². The van der Waals surface area contributed by atoms with Crippen molar-refractivity contribution in [3.05, 3.63) is 70.7 Å². The van der Waals surface area contributed by atoms with E-state index in [0.717, 1.165) is 30.8 Å². The molecule has 2 heterocycles. The van der Waals surface area contributed by atoms with Crippen molar-refractivity contribution in [3.63, 3.8) is 0 Å². The zero-order chi connectivity index (χ0) is 26.1. The molecule has 3 aromatic rings. The molecule has 0 amide bonds. The van der Waals surface area contributed by atoms with Crippen molar-refractivity contribution in [3.8, 4) is 10.6 Å². The SMILES string of the molecule is CC(C)(C)c1ccc(S(=O)(=O)N(Cc2csc(-c3ccc(C(F)(F)F)cc3)n2)C2CCNCC2)cc1. The normalized spacial score (nSPS) is 16.0. The molecule has 36 heavy (non-hydrogen) atoms. The van der Waals surface area contributed by atoms with Crippen molar-refractivity contribution in [2.75, 3.05) is 13.1 Å². The lowest BCUT2D eigenvalue weighted by molar-refractivity contribution is -0.137. The molecule has 0 radical (unpaired) electrons. The van der Waals surface area contributed by atoms with Gasteiger partial charge in [0.2, 0.25) is 10.0 Å². The monoisotopic (exact) mass is 537 g/mol. The summed E-state index contributed by atoms with van der Waals surface area (Å²) in [5.74, 6) is 0. The van der Waals surface area contributed by atoms with Gasteiger partial charge in [-0.25, -0.2) is 13.4 Å². The van der Waals surface area contributed by atoms with E-state index in [2.05, 4.69) is 31.1 Å². The molecule has 10 heteroatoms. The van der Waals surface area contributed by atoms with E-state index in [1.807, 2.05) is 12.1 Å². The average molecular weight is 538 g/mol. The van der Waals surface area contributed by atoms with Gasteiger partial charge in [-0.2, -0.15) is 17.5 Å². The number of nitrogens with zero attached hydrogens (tertiary/aromatic N) is 2. The number of hydrogen-bond donors (Lipinski definition) is 1. The van der Waals surface area contributed by atoms with Crippen molar-refractivity contribution < 1.29 is 21.6 Å². The van der Waals surface area contributed by atoms with E-state index in [9.17, 15) is 21.6 Å². The Bertz CT molecular complexity index is 1270. The number of piperidine rings is 1. The maximum atomic E-state index is 13.8. The summed E-state index contributed by atoms with van der Waals surface area (Å²) in [7, 11) is -3.79. The average Bonchev–Trinajstić information content (AvgIpc) is 3.31. The fraction of sp³-hybridized carbons (Fsp3) is 0.423. The van der Waals surface area contributed by atoms with Crippen LogP contribution in [0.5, 0.6) is 0 Å². The maximum Gasteiger partial charge on any atom is 0.416 e.